The molecule has 2 aromatic carbocycles. The Kier molecular flexibility index (Phi) is 6.65. The first-order valence-electron chi connectivity index (χ1n) is 9.97. The van der Waals surface area contributed by atoms with Crippen molar-refractivity contribution in [3.63, 3.8) is 0 Å². The van der Waals surface area contributed by atoms with Gasteiger partial charge in [-0.3, -0.25) is 14.4 Å². The number of nitrogens with one attached hydrogen (secondary N) is 2. The third kappa shape index (κ3) is 5.44. The number of nitrogens with zero attached hydrogens (tertiary/aromatic N) is 1. The molecule has 1 aliphatic rings. The summed E-state index contributed by atoms with van der Waals surface area (Å²) in [4.78, 5) is 38.6. The molecule has 0 saturated carbocycles. The third-order valence-electron chi connectivity index (χ3n) is 4.88. The molecule has 2 N–H and O–H groups in total. The highest BCUT2D eigenvalue weighted by Crippen LogP contribution is 2.29. The normalized spacial score (nSPS) is 14.2. The van der Waals surface area contributed by atoms with Crippen LogP contribution in [0.4, 0.5) is 11.4 Å². The van der Waals surface area contributed by atoms with E-state index in [2.05, 4.69) is 24.5 Å². The molecule has 2 aromatic rings. The van der Waals surface area contributed by atoms with E-state index in [9.17, 15) is 14.4 Å². The van der Waals surface area contributed by atoms with Crippen molar-refractivity contribution in [1.82, 2.24) is 5.32 Å². The molecule has 0 spiro atoms. The van der Waals surface area contributed by atoms with Crippen molar-refractivity contribution in [2.24, 2.45) is 5.92 Å². The van der Waals surface area contributed by atoms with E-state index in [4.69, 9.17) is 0 Å². The molecule has 3 rings (SSSR count). The zero-order chi connectivity index (χ0) is 20.8. The fourth-order valence-electron chi connectivity index (χ4n) is 3.51. The van der Waals surface area contributed by atoms with Crippen LogP contribution in [-0.2, 0) is 14.4 Å². The van der Waals surface area contributed by atoms with E-state index >= 15 is 0 Å². The standard InChI is InChI=1S/C23H27N3O3/c1-16(2)14-19(17-8-4-3-5-9-17)25-21(27)12-13-23(29)26-15-22(28)24-18-10-6-7-11-20(18)26/h3-11,16,19H,12-15H2,1-2H3,(H,24,28)(H,25,27)/t19-/m0/s1. The third-order valence-corrected chi connectivity index (χ3v) is 4.88. The fourth-order valence-corrected chi connectivity index (χ4v) is 3.51. The number of rotatable bonds is 7. The Morgan fingerprint density at radius 2 is 1.72 bits per heavy atom. The van der Waals surface area contributed by atoms with E-state index in [-0.39, 0.29) is 43.1 Å². The number of benzene rings is 2. The Morgan fingerprint density at radius 3 is 2.45 bits per heavy atom. The van der Waals surface area contributed by atoms with Crippen LogP contribution in [-0.4, -0.2) is 24.3 Å². The molecule has 152 valence electrons. The summed E-state index contributed by atoms with van der Waals surface area (Å²) in [5.74, 6) is -0.210. The molecule has 6 nitrogen and oxygen atoms in total. The van der Waals surface area contributed by atoms with Crippen LogP contribution in [0.25, 0.3) is 0 Å². The Morgan fingerprint density at radius 1 is 1.03 bits per heavy atom. The van der Waals surface area contributed by atoms with Crippen LogP contribution in [0.1, 0.15) is 44.7 Å². The Balaban J connectivity index is 1.61. The van der Waals surface area contributed by atoms with Crippen molar-refractivity contribution in [1.29, 1.82) is 0 Å². The molecular formula is C23H27N3O3. The first kappa shape index (κ1) is 20.6. The van der Waals surface area contributed by atoms with E-state index in [1.165, 1.54) is 4.90 Å². The molecule has 0 bridgehead atoms. The molecule has 0 unspecified atom stereocenters. The van der Waals surface area contributed by atoms with Crippen LogP contribution < -0.4 is 15.5 Å². The first-order valence-corrected chi connectivity index (χ1v) is 9.97. The quantitative estimate of drug-likeness (QED) is 0.754. The number of hydrogen-bond donors (Lipinski definition) is 2. The number of hydrogen-bond acceptors (Lipinski definition) is 3. The molecular weight excluding hydrogens is 366 g/mol. The topological polar surface area (TPSA) is 78.5 Å². The molecule has 1 heterocycles. The van der Waals surface area contributed by atoms with Gasteiger partial charge in [0.2, 0.25) is 17.7 Å². The smallest absolute Gasteiger partial charge is 0.244 e. The summed E-state index contributed by atoms with van der Waals surface area (Å²) < 4.78 is 0. The van der Waals surface area contributed by atoms with Crippen LogP contribution in [0.15, 0.2) is 54.6 Å². The zero-order valence-corrected chi connectivity index (χ0v) is 16.9. The maximum Gasteiger partial charge on any atom is 0.244 e. The largest absolute Gasteiger partial charge is 0.349 e. The van der Waals surface area contributed by atoms with Gasteiger partial charge in [-0.25, -0.2) is 0 Å². The monoisotopic (exact) mass is 393 g/mol. The van der Waals surface area contributed by atoms with Crippen molar-refractivity contribution in [2.75, 3.05) is 16.8 Å². The van der Waals surface area contributed by atoms with Gasteiger partial charge < -0.3 is 15.5 Å². The lowest BCUT2D eigenvalue weighted by molar-refractivity contribution is -0.126. The van der Waals surface area contributed by atoms with E-state index < -0.39 is 0 Å². The van der Waals surface area contributed by atoms with Crippen LogP contribution in [0, 0.1) is 5.92 Å². The summed E-state index contributed by atoms with van der Waals surface area (Å²) in [6.07, 6.45) is 0.959. The van der Waals surface area contributed by atoms with Crippen molar-refractivity contribution in [2.45, 2.75) is 39.2 Å². The summed E-state index contributed by atoms with van der Waals surface area (Å²) >= 11 is 0. The maximum absolute atomic E-state index is 12.7. The predicted molar refractivity (Wildman–Crippen MR) is 113 cm³/mol. The molecule has 3 amide bonds. The van der Waals surface area contributed by atoms with E-state index in [0.29, 0.717) is 17.3 Å². The van der Waals surface area contributed by atoms with Crippen LogP contribution >= 0.6 is 0 Å². The number of carbonyl (C=O) groups is 3. The number of carbonyl (C=O) groups excluding carboxylic acids is 3. The summed E-state index contributed by atoms with van der Waals surface area (Å²) in [5, 5.41) is 5.82. The van der Waals surface area contributed by atoms with Gasteiger partial charge >= 0.3 is 0 Å². The summed E-state index contributed by atoms with van der Waals surface area (Å²) in [6, 6.07) is 17.0. The SMILES string of the molecule is CC(C)C[C@H](NC(=O)CCC(=O)N1CC(=O)Nc2ccccc21)c1ccccc1. The number of fused-ring (bicyclic) bond motifs is 1. The van der Waals surface area contributed by atoms with Gasteiger partial charge in [0.15, 0.2) is 0 Å². The lowest BCUT2D eigenvalue weighted by Gasteiger charge is -2.29. The summed E-state index contributed by atoms with van der Waals surface area (Å²) in [6.45, 7) is 4.20. The molecule has 0 fully saturated rings. The lowest BCUT2D eigenvalue weighted by Crippen LogP contribution is -2.42. The molecule has 0 radical (unpaired) electrons. The number of amides is 3. The highest BCUT2D eigenvalue weighted by Gasteiger charge is 2.27. The molecule has 1 aliphatic heterocycles. The van der Waals surface area contributed by atoms with Gasteiger partial charge in [0.05, 0.1) is 17.4 Å². The predicted octanol–water partition coefficient (Wildman–Crippen LogP) is 3.66. The molecule has 0 aliphatic carbocycles. The zero-order valence-electron chi connectivity index (χ0n) is 16.9. The van der Waals surface area contributed by atoms with E-state index in [1.54, 1.807) is 18.2 Å². The van der Waals surface area contributed by atoms with Crippen molar-refractivity contribution in [3.8, 4) is 0 Å². The summed E-state index contributed by atoms with van der Waals surface area (Å²) in [7, 11) is 0. The molecule has 29 heavy (non-hydrogen) atoms. The minimum Gasteiger partial charge on any atom is -0.349 e. The second-order valence-electron chi connectivity index (χ2n) is 7.71. The molecule has 0 aromatic heterocycles. The van der Waals surface area contributed by atoms with Gasteiger partial charge in [0.1, 0.15) is 6.54 Å². The van der Waals surface area contributed by atoms with Gasteiger partial charge in [-0.15, -0.1) is 0 Å². The number of anilines is 2. The summed E-state index contributed by atoms with van der Waals surface area (Å²) in [5.41, 5.74) is 2.34. The van der Waals surface area contributed by atoms with Crippen molar-refractivity contribution >= 4 is 29.1 Å². The van der Waals surface area contributed by atoms with Gasteiger partial charge in [-0.1, -0.05) is 56.3 Å². The van der Waals surface area contributed by atoms with Gasteiger partial charge in [0, 0.05) is 12.8 Å². The first-order chi connectivity index (χ1) is 13.9. The fraction of sp³-hybridized carbons (Fsp3) is 0.348. The highest BCUT2D eigenvalue weighted by molar-refractivity contribution is 6.10. The van der Waals surface area contributed by atoms with E-state index in [0.717, 1.165) is 12.0 Å². The minimum absolute atomic E-state index is 0.0303. The highest BCUT2D eigenvalue weighted by atomic mass is 16.2. The minimum atomic E-state index is -0.234. The van der Waals surface area contributed by atoms with Gasteiger partial charge in [0.25, 0.3) is 0 Å². The maximum atomic E-state index is 12.7. The van der Waals surface area contributed by atoms with Crippen LogP contribution in [0.2, 0.25) is 0 Å². The van der Waals surface area contributed by atoms with Gasteiger partial charge in [-0.2, -0.15) is 0 Å². The lowest BCUT2D eigenvalue weighted by atomic mass is 9.97. The van der Waals surface area contributed by atoms with Crippen LogP contribution in [0.3, 0.4) is 0 Å². The van der Waals surface area contributed by atoms with Gasteiger partial charge in [-0.05, 0) is 30.0 Å². The second-order valence-corrected chi connectivity index (χ2v) is 7.71. The van der Waals surface area contributed by atoms with E-state index in [1.807, 2.05) is 36.4 Å². The number of para-hydroxylation sites is 2. The Hall–Kier alpha value is -3.15. The van der Waals surface area contributed by atoms with Crippen molar-refractivity contribution in [3.05, 3.63) is 60.2 Å². The average molecular weight is 393 g/mol. The Bertz CT molecular complexity index is 880. The molecule has 6 heteroatoms. The molecule has 1 atom stereocenters. The average Bonchev–Trinajstić information content (AvgIpc) is 2.71. The second kappa shape index (κ2) is 9.37. The molecule has 0 saturated heterocycles. The Labute approximate surface area is 171 Å². The van der Waals surface area contributed by atoms with Crippen LogP contribution in [0.5, 0.6) is 0 Å². The van der Waals surface area contributed by atoms with Crippen molar-refractivity contribution < 1.29 is 14.4 Å².